The van der Waals surface area contributed by atoms with Crippen molar-refractivity contribution in [3.05, 3.63) is 170 Å². The summed E-state index contributed by atoms with van der Waals surface area (Å²) in [4.78, 5) is 15.1. The van der Waals surface area contributed by atoms with E-state index in [0.29, 0.717) is 17.5 Å². The number of nitrogens with zero attached hydrogens (tertiary/aromatic N) is 4. The normalized spacial score (nSPS) is 11.6. The highest BCUT2D eigenvalue weighted by Gasteiger charge is 2.21. The maximum atomic E-state index is 6.63. The summed E-state index contributed by atoms with van der Waals surface area (Å²) in [5.41, 5.74) is 9.79. The maximum Gasteiger partial charge on any atom is 0.164 e. The van der Waals surface area contributed by atoms with Gasteiger partial charge in [-0.15, -0.1) is 0 Å². The van der Waals surface area contributed by atoms with Gasteiger partial charge in [0.1, 0.15) is 11.2 Å². The molecule has 5 heteroatoms. The van der Waals surface area contributed by atoms with Gasteiger partial charge in [-0.1, -0.05) is 133 Å². The van der Waals surface area contributed by atoms with Crippen molar-refractivity contribution in [2.75, 3.05) is 0 Å². The van der Waals surface area contributed by atoms with E-state index in [2.05, 4.69) is 102 Å². The van der Waals surface area contributed by atoms with Crippen molar-refractivity contribution >= 4 is 43.7 Å². The molecule has 10 rings (SSSR count). The summed E-state index contributed by atoms with van der Waals surface area (Å²) in [6.45, 7) is 0. The lowest BCUT2D eigenvalue weighted by atomic mass is 9.98. The predicted octanol–water partition coefficient (Wildman–Crippen LogP) is 11.5. The van der Waals surface area contributed by atoms with Crippen LogP contribution in [-0.4, -0.2) is 19.5 Å². The van der Waals surface area contributed by atoms with Crippen LogP contribution in [0.5, 0.6) is 0 Å². The molecule has 0 radical (unpaired) electrons. The maximum absolute atomic E-state index is 6.63. The van der Waals surface area contributed by atoms with Crippen LogP contribution in [-0.2, 0) is 0 Å². The number of hydrogen-bond acceptors (Lipinski definition) is 4. The minimum Gasteiger partial charge on any atom is -0.455 e. The first-order valence-electron chi connectivity index (χ1n) is 16.7. The molecule has 10 aromatic rings. The van der Waals surface area contributed by atoms with Crippen LogP contribution in [0.3, 0.4) is 0 Å². The fraction of sp³-hybridized carbons (Fsp3) is 0. The zero-order valence-corrected chi connectivity index (χ0v) is 26.9. The van der Waals surface area contributed by atoms with Crippen LogP contribution in [0.15, 0.2) is 174 Å². The lowest BCUT2D eigenvalue weighted by Crippen LogP contribution is -2.02. The van der Waals surface area contributed by atoms with Crippen molar-refractivity contribution in [3.8, 4) is 51.0 Å². The molecular formula is C45H28N4O. The van der Waals surface area contributed by atoms with Crippen molar-refractivity contribution in [1.29, 1.82) is 0 Å². The zero-order chi connectivity index (χ0) is 33.0. The fourth-order valence-corrected chi connectivity index (χ4v) is 7.16. The van der Waals surface area contributed by atoms with Crippen LogP contribution in [0, 0.1) is 0 Å². The summed E-state index contributed by atoms with van der Waals surface area (Å²) in [5.74, 6) is 1.85. The van der Waals surface area contributed by atoms with Crippen LogP contribution in [0.25, 0.3) is 94.7 Å². The minimum atomic E-state index is 0.601. The van der Waals surface area contributed by atoms with E-state index < -0.39 is 0 Å². The molecular weight excluding hydrogens is 613 g/mol. The Morgan fingerprint density at radius 1 is 0.380 bits per heavy atom. The number of aromatic nitrogens is 4. The molecule has 0 amide bonds. The van der Waals surface area contributed by atoms with E-state index >= 15 is 0 Å². The standard InChI is InChI=1S/C45H28N4O/c1-3-14-29(15-4-1)43-46-44(30-16-5-2-6-17-30)48-45(47-43)31-26-27-40(49-38-23-10-7-18-32(38)33-19-8-11-24-39(33)49)37(28-31)36-22-13-21-35-34-20-9-12-25-41(34)50-42(35)36/h1-28H. The lowest BCUT2D eigenvalue weighted by Gasteiger charge is -2.16. The second kappa shape index (κ2) is 11.4. The van der Waals surface area contributed by atoms with Gasteiger partial charge in [-0.25, -0.2) is 15.0 Å². The number of fused-ring (bicyclic) bond motifs is 6. The summed E-state index contributed by atoms with van der Waals surface area (Å²) in [6.07, 6.45) is 0. The van der Waals surface area contributed by atoms with E-state index in [1.54, 1.807) is 0 Å². The smallest absolute Gasteiger partial charge is 0.164 e. The molecule has 3 aromatic heterocycles. The molecule has 0 saturated heterocycles. The molecule has 0 N–H and O–H groups in total. The average molecular weight is 641 g/mol. The molecule has 234 valence electrons. The van der Waals surface area contributed by atoms with Crippen molar-refractivity contribution in [2.24, 2.45) is 0 Å². The van der Waals surface area contributed by atoms with Gasteiger partial charge in [0.2, 0.25) is 0 Å². The van der Waals surface area contributed by atoms with Crippen molar-refractivity contribution < 1.29 is 4.42 Å². The Bertz CT molecular complexity index is 2760. The minimum absolute atomic E-state index is 0.601. The summed E-state index contributed by atoms with van der Waals surface area (Å²) >= 11 is 0. The van der Waals surface area contributed by atoms with Crippen LogP contribution in [0.4, 0.5) is 0 Å². The lowest BCUT2D eigenvalue weighted by molar-refractivity contribution is 0.670. The van der Waals surface area contributed by atoms with E-state index in [9.17, 15) is 0 Å². The van der Waals surface area contributed by atoms with Gasteiger partial charge in [-0.05, 0) is 36.4 Å². The number of benzene rings is 7. The Morgan fingerprint density at radius 3 is 1.54 bits per heavy atom. The molecule has 0 aliphatic carbocycles. The molecule has 50 heavy (non-hydrogen) atoms. The topological polar surface area (TPSA) is 56.7 Å². The van der Waals surface area contributed by atoms with Crippen LogP contribution in [0.1, 0.15) is 0 Å². The predicted molar refractivity (Wildman–Crippen MR) is 203 cm³/mol. The largest absolute Gasteiger partial charge is 0.455 e. The van der Waals surface area contributed by atoms with Gasteiger partial charge in [0.15, 0.2) is 17.5 Å². The highest BCUT2D eigenvalue weighted by molar-refractivity contribution is 6.12. The Hall–Kier alpha value is -6.85. The van der Waals surface area contributed by atoms with Gasteiger partial charge < -0.3 is 8.98 Å². The Kier molecular flexibility index (Phi) is 6.42. The first-order chi connectivity index (χ1) is 24.8. The van der Waals surface area contributed by atoms with Gasteiger partial charge >= 0.3 is 0 Å². The third-order valence-electron chi connectivity index (χ3n) is 9.47. The molecule has 0 bridgehead atoms. The molecule has 0 atom stereocenters. The molecule has 7 aromatic carbocycles. The van der Waals surface area contributed by atoms with E-state index in [1.165, 1.54) is 10.8 Å². The summed E-state index contributed by atoms with van der Waals surface area (Å²) in [5, 5.41) is 4.58. The third kappa shape index (κ3) is 4.52. The highest BCUT2D eigenvalue weighted by Crippen LogP contribution is 2.42. The second-order valence-electron chi connectivity index (χ2n) is 12.4. The van der Waals surface area contributed by atoms with Crippen molar-refractivity contribution in [2.45, 2.75) is 0 Å². The molecule has 0 unspecified atom stereocenters. The van der Waals surface area contributed by atoms with E-state index in [4.69, 9.17) is 19.4 Å². The monoisotopic (exact) mass is 640 g/mol. The van der Waals surface area contributed by atoms with Gasteiger partial charge in [-0.3, -0.25) is 0 Å². The number of para-hydroxylation sites is 4. The Morgan fingerprint density at radius 2 is 0.900 bits per heavy atom. The molecule has 0 saturated carbocycles. The molecule has 0 fully saturated rings. The quantitative estimate of drug-likeness (QED) is 0.188. The summed E-state index contributed by atoms with van der Waals surface area (Å²) in [7, 11) is 0. The molecule has 0 aliphatic rings. The highest BCUT2D eigenvalue weighted by atomic mass is 16.3. The number of furan rings is 1. The van der Waals surface area contributed by atoms with E-state index in [-0.39, 0.29) is 0 Å². The first kappa shape index (κ1) is 28.2. The SMILES string of the molecule is c1ccc(-c2nc(-c3ccccc3)nc(-c3ccc(-n4c5ccccc5c5ccccc54)c(-c4cccc5c4oc4ccccc45)c3)n2)cc1. The van der Waals surface area contributed by atoms with E-state index in [1.807, 2.05) is 72.8 Å². The first-order valence-corrected chi connectivity index (χ1v) is 16.7. The fourth-order valence-electron chi connectivity index (χ4n) is 7.16. The molecule has 5 nitrogen and oxygen atoms in total. The van der Waals surface area contributed by atoms with Crippen LogP contribution >= 0.6 is 0 Å². The summed E-state index contributed by atoms with van der Waals surface area (Å²) < 4.78 is 9.00. The average Bonchev–Trinajstić information content (AvgIpc) is 3.74. The van der Waals surface area contributed by atoms with E-state index in [0.717, 1.165) is 66.5 Å². The van der Waals surface area contributed by atoms with Gasteiger partial charge in [0.25, 0.3) is 0 Å². The number of hydrogen-bond donors (Lipinski definition) is 0. The summed E-state index contributed by atoms with van der Waals surface area (Å²) in [6, 6.07) is 58.5. The van der Waals surface area contributed by atoms with Gasteiger partial charge in [-0.2, -0.15) is 0 Å². The van der Waals surface area contributed by atoms with Gasteiger partial charge in [0.05, 0.1) is 16.7 Å². The second-order valence-corrected chi connectivity index (χ2v) is 12.4. The van der Waals surface area contributed by atoms with Crippen molar-refractivity contribution in [1.82, 2.24) is 19.5 Å². The van der Waals surface area contributed by atoms with Gasteiger partial charge in [0, 0.05) is 49.4 Å². The molecule has 3 heterocycles. The Labute approximate surface area is 287 Å². The molecule has 0 spiro atoms. The van der Waals surface area contributed by atoms with Crippen molar-refractivity contribution in [3.63, 3.8) is 0 Å². The zero-order valence-electron chi connectivity index (χ0n) is 26.9. The number of rotatable bonds is 5. The van der Waals surface area contributed by atoms with Crippen LogP contribution < -0.4 is 0 Å². The third-order valence-corrected chi connectivity index (χ3v) is 9.47. The van der Waals surface area contributed by atoms with Crippen LogP contribution in [0.2, 0.25) is 0 Å². The molecule has 0 aliphatic heterocycles. The Balaban J connectivity index is 1.28.